The summed E-state index contributed by atoms with van der Waals surface area (Å²) in [6.07, 6.45) is 0. The summed E-state index contributed by atoms with van der Waals surface area (Å²) in [5.74, 6) is -0.375. The van der Waals surface area contributed by atoms with E-state index in [2.05, 4.69) is 16.7 Å². The number of ether oxygens (including phenoxy) is 1. The third-order valence-corrected chi connectivity index (χ3v) is 4.00. The van der Waals surface area contributed by atoms with Gasteiger partial charge in [0.2, 0.25) is 0 Å². The van der Waals surface area contributed by atoms with Crippen molar-refractivity contribution in [3.05, 3.63) is 22.7 Å². The van der Waals surface area contributed by atoms with Gasteiger partial charge in [-0.1, -0.05) is 18.5 Å². The molecule has 1 saturated heterocycles. The highest BCUT2D eigenvalue weighted by molar-refractivity contribution is 6.34. The van der Waals surface area contributed by atoms with E-state index in [1.165, 1.54) is 0 Å². The third-order valence-electron chi connectivity index (χ3n) is 3.72. The number of anilines is 2. The van der Waals surface area contributed by atoms with Crippen LogP contribution in [-0.2, 0) is 4.74 Å². The molecule has 1 fully saturated rings. The zero-order valence-electron chi connectivity index (χ0n) is 12.6. The number of hydrogen-bond acceptors (Lipinski definition) is 5. The third kappa shape index (κ3) is 3.60. The minimum absolute atomic E-state index is 0.328. The molecule has 1 aromatic rings. The fourth-order valence-electron chi connectivity index (χ4n) is 2.59. The Kier molecular flexibility index (Phi) is 5.31. The molecule has 0 bridgehead atoms. The molecule has 0 saturated carbocycles. The first-order valence-electron chi connectivity index (χ1n) is 7.30. The Labute approximate surface area is 130 Å². The van der Waals surface area contributed by atoms with Gasteiger partial charge in [0.1, 0.15) is 0 Å². The van der Waals surface area contributed by atoms with Gasteiger partial charge < -0.3 is 20.3 Å². The number of hydrogen-bond donors (Lipinski definition) is 1. The minimum atomic E-state index is -0.375. The normalized spacial score (nSPS) is 16.0. The van der Waals surface area contributed by atoms with Gasteiger partial charge in [0, 0.05) is 31.9 Å². The van der Waals surface area contributed by atoms with Crippen molar-refractivity contribution in [2.45, 2.75) is 13.8 Å². The zero-order valence-corrected chi connectivity index (χ0v) is 13.3. The van der Waals surface area contributed by atoms with Crippen LogP contribution >= 0.6 is 11.6 Å². The van der Waals surface area contributed by atoms with Crippen molar-refractivity contribution in [3.8, 4) is 0 Å². The van der Waals surface area contributed by atoms with Gasteiger partial charge >= 0.3 is 5.97 Å². The maximum atomic E-state index is 12.2. The molecule has 0 atom stereocenters. The second-order valence-corrected chi connectivity index (χ2v) is 5.45. The first kappa shape index (κ1) is 15.9. The van der Waals surface area contributed by atoms with Gasteiger partial charge in [0.15, 0.2) is 0 Å². The standard InChI is InChI=1S/C15H22ClN3O2/c1-3-18-5-7-19(8-6-18)14-12(15(20)21-4-2)9-11(17)10-13(14)16/h9-10H,3-8,17H2,1-2H3. The molecule has 6 heteroatoms. The summed E-state index contributed by atoms with van der Waals surface area (Å²) in [6, 6.07) is 3.33. The summed E-state index contributed by atoms with van der Waals surface area (Å²) in [6.45, 7) is 8.89. The van der Waals surface area contributed by atoms with Crippen LogP contribution in [-0.4, -0.2) is 50.2 Å². The number of carbonyl (C=O) groups is 1. The zero-order chi connectivity index (χ0) is 15.4. The molecule has 0 unspecified atom stereocenters. The number of esters is 1. The van der Waals surface area contributed by atoms with E-state index >= 15 is 0 Å². The fourth-order valence-corrected chi connectivity index (χ4v) is 2.94. The van der Waals surface area contributed by atoms with E-state index in [4.69, 9.17) is 22.1 Å². The Morgan fingerprint density at radius 3 is 2.52 bits per heavy atom. The van der Waals surface area contributed by atoms with Crippen LogP contribution in [0.15, 0.2) is 12.1 Å². The highest BCUT2D eigenvalue weighted by Crippen LogP contribution is 2.33. The molecular weight excluding hydrogens is 290 g/mol. The molecule has 1 aliphatic rings. The Bertz CT molecular complexity index is 514. The minimum Gasteiger partial charge on any atom is -0.462 e. The van der Waals surface area contributed by atoms with E-state index < -0.39 is 0 Å². The lowest BCUT2D eigenvalue weighted by molar-refractivity contribution is 0.0527. The molecule has 1 heterocycles. The first-order valence-corrected chi connectivity index (χ1v) is 7.68. The molecular formula is C15H22ClN3O2. The van der Waals surface area contributed by atoms with Crippen LogP contribution in [0, 0.1) is 0 Å². The van der Waals surface area contributed by atoms with E-state index in [9.17, 15) is 4.79 Å². The van der Waals surface area contributed by atoms with Crippen LogP contribution in [0.5, 0.6) is 0 Å². The molecule has 1 aliphatic heterocycles. The van der Waals surface area contributed by atoms with Crippen LogP contribution in [0.3, 0.4) is 0 Å². The quantitative estimate of drug-likeness (QED) is 0.682. The van der Waals surface area contributed by atoms with Crippen molar-refractivity contribution in [2.24, 2.45) is 0 Å². The van der Waals surface area contributed by atoms with E-state index in [1.807, 2.05) is 0 Å². The van der Waals surface area contributed by atoms with Gasteiger partial charge in [-0.25, -0.2) is 4.79 Å². The van der Waals surface area contributed by atoms with Crippen molar-refractivity contribution in [2.75, 3.05) is 50.0 Å². The molecule has 0 aliphatic carbocycles. The van der Waals surface area contributed by atoms with Crippen molar-refractivity contribution in [1.82, 2.24) is 4.90 Å². The lowest BCUT2D eigenvalue weighted by Crippen LogP contribution is -2.46. The molecule has 2 N–H and O–H groups in total. The van der Waals surface area contributed by atoms with Crippen LogP contribution in [0.4, 0.5) is 11.4 Å². The van der Waals surface area contributed by atoms with Crippen molar-refractivity contribution < 1.29 is 9.53 Å². The number of carbonyl (C=O) groups excluding carboxylic acids is 1. The number of halogens is 1. The van der Waals surface area contributed by atoms with Gasteiger partial charge in [-0.2, -0.15) is 0 Å². The number of likely N-dealkylation sites (N-methyl/N-ethyl adjacent to an activating group) is 1. The highest BCUT2D eigenvalue weighted by atomic mass is 35.5. The van der Waals surface area contributed by atoms with E-state index in [0.29, 0.717) is 22.9 Å². The smallest absolute Gasteiger partial charge is 0.340 e. The summed E-state index contributed by atoms with van der Waals surface area (Å²) in [7, 11) is 0. The Balaban J connectivity index is 2.31. The molecule has 116 valence electrons. The van der Waals surface area contributed by atoms with E-state index in [1.54, 1.807) is 19.1 Å². The monoisotopic (exact) mass is 311 g/mol. The second-order valence-electron chi connectivity index (χ2n) is 5.04. The molecule has 0 amide bonds. The summed E-state index contributed by atoms with van der Waals surface area (Å²) in [4.78, 5) is 16.7. The average molecular weight is 312 g/mol. The van der Waals surface area contributed by atoms with Crippen molar-refractivity contribution in [3.63, 3.8) is 0 Å². The summed E-state index contributed by atoms with van der Waals surface area (Å²) >= 11 is 6.34. The van der Waals surface area contributed by atoms with Crippen molar-refractivity contribution >= 4 is 28.9 Å². The van der Waals surface area contributed by atoms with E-state index in [-0.39, 0.29) is 5.97 Å². The number of nitrogens with zero attached hydrogens (tertiary/aromatic N) is 2. The molecule has 0 spiro atoms. The van der Waals surface area contributed by atoms with Crippen LogP contribution in [0.25, 0.3) is 0 Å². The molecule has 2 rings (SSSR count). The maximum absolute atomic E-state index is 12.2. The Morgan fingerprint density at radius 2 is 1.95 bits per heavy atom. The Hall–Kier alpha value is -1.46. The molecule has 0 radical (unpaired) electrons. The molecule has 1 aromatic carbocycles. The van der Waals surface area contributed by atoms with Crippen molar-refractivity contribution in [1.29, 1.82) is 0 Å². The fraction of sp³-hybridized carbons (Fsp3) is 0.533. The number of piperazine rings is 1. The summed E-state index contributed by atoms with van der Waals surface area (Å²) in [5, 5.41) is 0.503. The SMILES string of the molecule is CCOC(=O)c1cc(N)cc(Cl)c1N1CCN(CC)CC1. The lowest BCUT2D eigenvalue weighted by atomic mass is 10.1. The number of rotatable bonds is 4. The number of benzene rings is 1. The molecule has 5 nitrogen and oxygen atoms in total. The topological polar surface area (TPSA) is 58.8 Å². The summed E-state index contributed by atoms with van der Waals surface area (Å²) < 4.78 is 5.12. The van der Waals surface area contributed by atoms with E-state index in [0.717, 1.165) is 38.4 Å². The van der Waals surface area contributed by atoms with Gasteiger partial charge in [0.25, 0.3) is 0 Å². The molecule has 0 aromatic heterocycles. The predicted molar refractivity (Wildman–Crippen MR) is 86.1 cm³/mol. The maximum Gasteiger partial charge on any atom is 0.340 e. The van der Waals surface area contributed by atoms with Gasteiger partial charge in [-0.3, -0.25) is 0 Å². The predicted octanol–water partition coefficient (Wildman–Crippen LogP) is 2.24. The van der Waals surface area contributed by atoms with Crippen LogP contribution < -0.4 is 10.6 Å². The van der Waals surface area contributed by atoms with Gasteiger partial charge in [-0.15, -0.1) is 0 Å². The largest absolute Gasteiger partial charge is 0.462 e. The lowest BCUT2D eigenvalue weighted by Gasteiger charge is -2.36. The first-order chi connectivity index (χ1) is 10.1. The van der Waals surface area contributed by atoms with Gasteiger partial charge in [-0.05, 0) is 25.6 Å². The Morgan fingerprint density at radius 1 is 1.29 bits per heavy atom. The number of nitrogen functional groups attached to an aromatic ring is 1. The van der Waals surface area contributed by atoms with Gasteiger partial charge in [0.05, 0.1) is 22.9 Å². The number of nitrogens with two attached hydrogens (primary N) is 1. The average Bonchev–Trinajstić information content (AvgIpc) is 2.47. The van der Waals surface area contributed by atoms with Crippen LogP contribution in [0.2, 0.25) is 5.02 Å². The summed E-state index contributed by atoms with van der Waals surface area (Å²) in [5.41, 5.74) is 7.47. The molecule has 21 heavy (non-hydrogen) atoms. The second kappa shape index (κ2) is 7.00. The van der Waals surface area contributed by atoms with Crippen LogP contribution in [0.1, 0.15) is 24.2 Å². The highest BCUT2D eigenvalue weighted by Gasteiger charge is 2.24.